The summed E-state index contributed by atoms with van der Waals surface area (Å²) in [6, 6.07) is 17.6. The lowest BCUT2D eigenvalue weighted by Gasteiger charge is -2.12. The highest BCUT2D eigenvalue weighted by molar-refractivity contribution is 5.89. The minimum Gasteiger partial charge on any atom is -0.461 e. The van der Waals surface area contributed by atoms with Gasteiger partial charge in [0.1, 0.15) is 0 Å². The number of carbonyl (C=O) groups is 1. The molecule has 2 aromatic rings. The maximum atomic E-state index is 11.9. The van der Waals surface area contributed by atoms with E-state index >= 15 is 0 Å². The highest BCUT2D eigenvalue weighted by atomic mass is 16.5. The Labute approximate surface area is 113 Å². The van der Waals surface area contributed by atoms with Gasteiger partial charge in [0.15, 0.2) is 0 Å². The van der Waals surface area contributed by atoms with E-state index < -0.39 is 0 Å². The summed E-state index contributed by atoms with van der Waals surface area (Å²) in [6.07, 6.45) is 2.16. The maximum Gasteiger partial charge on any atom is 0.338 e. The SMILES string of the molecule is O=C(OCC1CCc2ccccc21)c1ccccc1. The van der Waals surface area contributed by atoms with E-state index in [1.54, 1.807) is 12.1 Å². The van der Waals surface area contributed by atoms with Crippen molar-refractivity contribution in [1.82, 2.24) is 0 Å². The first kappa shape index (κ1) is 12.0. The molecule has 1 atom stereocenters. The molecular formula is C17H16O2. The van der Waals surface area contributed by atoms with Gasteiger partial charge in [-0.1, -0.05) is 42.5 Å². The number of carbonyl (C=O) groups excluding carboxylic acids is 1. The van der Waals surface area contributed by atoms with Crippen LogP contribution in [0.4, 0.5) is 0 Å². The van der Waals surface area contributed by atoms with Gasteiger partial charge in [-0.2, -0.15) is 0 Å². The van der Waals surface area contributed by atoms with Crippen molar-refractivity contribution in [3.8, 4) is 0 Å². The lowest BCUT2D eigenvalue weighted by Crippen LogP contribution is -2.11. The zero-order chi connectivity index (χ0) is 13.1. The average Bonchev–Trinajstić information content (AvgIpc) is 2.89. The van der Waals surface area contributed by atoms with Gasteiger partial charge >= 0.3 is 5.97 Å². The maximum absolute atomic E-state index is 11.9. The number of ether oxygens (including phenoxy) is 1. The van der Waals surface area contributed by atoms with E-state index in [9.17, 15) is 4.79 Å². The second-order valence-corrected chi connectivity index (χ2v) is 4.90. The molecule has 1 aliphatic rings. The molecule has 2 heteroatoms. The van der Waals surface area contributed by atoms with Gasteiger partial charge in [-0.15, -0.1) is 0 Å². The number of aryl methyl sites for hydroxylation is 1. The van der Waals surface area contributed by atoms with E-state index in [4.69, 9.17) is 4.74 Å². The van der Waals surface area contributed by atoms with Crippen molar-refractivity contribution in [3.05, 3.63) is 71.3 Å². The molecule has 0 saturated heterocycles. The van der Waals surface area contributed by atoms with Crippen molar-refractivity contribution in [3.63, 3.8) is 0 Å². The number of fused-ring (bicyclic) bond motifs is 1. The van der Waals surface area contributed by atoms with Gasteiger partial charge in [0, 0.05) is 5.92 Å². The molecule has 0 N–H and O–H groups in total. The highest BCUT2D eigenvalue weighted by Crippen LogP contribution is 2.32. The molecule has 1 aliphatic carbocycles. The van der Waals surface area contributed by atoms with E-state index in [1.165, 1.54) is 11.1 Å². The molecule has 2 nitrogen and oxygen atoms in total. The number of rotatable bonds is 3. The van der Waals surface area contributed by atoms with Crippen LogP contribution in [0, 0.1) is 0 Å². The van der Waals surface area contributed by atoms with Gasteiger partial charge in [-0.05, 0) is 36.1 Å². The lowest BCUT2D eigenvalue weighted by atomic mass is 10.0. The normalized spacial score (nSPS) is 16.9. The van der Waals surface area contributed by atoms with Crippen LogP contribution in [0.3, 0.4) is 0 Å². The molecule has 0 fully saturated rings. The van der Waals surface area contributed by atoms with Gasteiger partial charge in [0.25, 0.3) is 0 Å². The second-order valence-electron chi connectivity index (χ2n) is 4.90. The largest absolute Gasteiger partial charge is 0.461 e. The van der Waals surface area contributed by atoms with Gasteiger partial charge < -0.3 is 4.74 Å². The standard InChI is InChI=1S/C17H16O2/c18-17(14-7-2-1-3-8-14)19-12-15-11-10-13-6-4-5-9-16(13)15/h1-9,15H,10-12H2. The van der Waals surface area contributed by atoms with Gasteiger partial charge in [0.05, 0.1) is 12.2 Å². The van der Waals surface area contributed by atoms with Crippen LogP contribution < -0.4 is 0 Å². The topological polar surface area (TPSA) is 26.3 Å². The predicted molar refractivity (Wildman–Crippen MR) is 74.2 cm³/mol. The Morgan fingerprint density at radius 2 is 1.79 bits per heavy atom. The Balaban J connectivity index is 1.64. The summed E-state index contributed by atoms with van der Waals surface area (Å²) in [5.74, 6) is 0.119. The molecule has 3 rings (SSSR count). The first-order valence-electron chi connectivity index (χ1n) is 6.64. The summed E-state index contributed by atoms with van der Waals surface area (Å²) in [5, 5.41) is 0. The molecule has 0 aliphatic heterocycles. The van der Waals surface area contributed by atoms with Gasteiger partial charge in [0.2, 0.25) is 0 Å². The summed E-state index contributed by atoms with van der Waals surface area (Å²) in [7, 11) is 0. The van der Waals surface area contributed by atoms with Gasteiger partial charge in [-0.3, -0.25) is 0 Å². The predicted octanol–water partition coefficient (Wildman–Crippen LogP) is 3.57. The van der Waals surface area contributed by atoms with Crippen molar-refractivity contribution in [2.24, 2.45) is 0 Å². The van der Waals surface area contributed by atoms with E-state index in [0.717, 1.165) is 12.8 Å². The second kappa shape index (κ2) is 5.27. The minimum absolute atomic E-state index is 0.231. The zero-order valence-electron chi connectivity index (χ0n) is 10.7. The molecule has 0 heterocycles. The molecule has 19 heavy (non-hydrogen) atoms. The van der Waals surface area contributed by atoms with E-state index in [-0.39, 0.29) is 5.97 Å². The molecule has 0 spiro atoms. The van der Waals surface area contributed by atoms with Crippen LogP contribution >= 0.6 is 0 Å². The third-order valence-corrected chi connectivity index (χ3v) is 3.68. The number of hydrogen-bond donors (Lipinski definition) is 0. The number of benzene rings is 2. The molecule has 0 radical (unpaired) electrons. The van der Waals surface area contributed by atoms with Crippen molar-refractivity contribution in [1.29, 1.82) is 0 Å². The third kappa shape index (κ3) is 2.53. The summed E-state index contributed by atoms with van der Waals surface area (Å²) in [5.41, 5.74) is 3.35. The third-order valence-electron chi connectivity index (χ3n) is 3.68. The van der Waals surface area contributed by atoms with E-state index in [1.807, 2.05) is 18.2 Å². The fourth-order valence-electron chi connectivity index (χ4n) is 2.65. The lowest BCUT2D eigenvalue weighted by molar-refractivity contribution is 0.0479. The fourth-order valence-corrected chi connectivity index (χ4v) is 2.65. The van der Waals surface area contributed by atoms with Crippen LogP contribution in [0.1, 0.15) is 33.8 Å². The first-order chi connectivity index (χ1) is 9.34. The van der Waals surface area contributed by atoms with Crippen molar-refractivity contribution < 1.29 is 9.53 Å². The number of hydrogen-bond acceptors (Lipinski definition) is 2. The van der Waals surface area contributed by atoms with Crippen molar-refractivity contribution in [2.45, 2.75) is 18.8 Å². The van der Waals surface area contributed by atoms with Crippen LogP contribution in [0.25, 0.3) is 0 Å². The monoisotopic (exact) mass is 252 g/mol. The Morgan fingerprint density at radius 1 is 1.05 bits per heavy atom. The minimum atomic E-state index is -0.231. The molecule has 1 unspecified atom stereocenters. The van der Waals surface area contributed by atoms with Crippen molar-refractivity contribution in [2.75, 3.05) is 6.61 Å². The van der Waals surface area contributed by atoms with Crippen molar-refractivity contribution >= 4 is 5.97 Å². The zero-order valence-corrected chi connectivity index (χ0v) is 10.7. The Kier molecular flexibility index (Phi) is 3.32. The molecule has 0 bridgehead atoms. The summed E-state index contributed by atoms with van der Waals surface area (Å²) in [6.45, 7) is 0.477. The molecule has 0 amide bonds. The molecule has 0 saturated carbocycles. The van der Waals surface area contributed by atoms with Crippen LogP contribution in [0.15, 0.2) is 54.6 Å². The first-order valence-corrected chi connectivity index (χ1v) is 6.64. The molecule has 2 aromatic carbocycles. The fraction of sp³-hybridized carbons (Fsp3) is 0.235. The van der Waals surface area contributed by atoms with Gasteiger partial charge in [-0.25, -0.2) is 4.79 Å². The van der Waals surface area contributed by atoms with E-state index in [2.05, 4.69) is 24.3 Å². The molecular weight excluding hydrogens is 236 g/mol. The Hall–Kier alpha value is -2.09. The van der Waals surface area contributed by atoms with E-state index in [0.29, 0.717) is 18.1 Å². The molecule has 96 valence electrons. The molecule has 0 aromatic heterocycles. The quantitative estimate of drug-likeness (QED) is 0.780. The smallest absolute Gasteiger partial charge is 0.338 e. The van der Waals surface area contributed by atoms with Crippen LogP contribution in [0.2, 0.25) is 0 Å². The Morgan fingerprint density at radius 3 is 2.63 bits per heavy atom. The summed E-state index contributed by atoms with van der Waals surface area (Å²) < 4.78 is 5.43. The van der Waals surface area contributed by atoms with Crippen LogP contribution in [-0.2, 0) is 11.2 Å². The summed E-state index contributed by atoms with van der Waals surface area (Å²) in [4.78, 5) is 11.9. The van der Waals surface area contributed by atoms with Crippen LogP contribution in [-0.4, -0.2) is 12.6 Å². The average molecular weight is 252 g/mol. The van der Waals surface area contributed by atoms with Crippen LogP contribution in [0.5, 0.6) is 0 Å². The highest BCUT2D eigenvalue weighted by Gasteiger charge is 2.23. The number of esters is 1. The Bertz CT molecular complexity index is 575. The summed E-state index contributed by atoms with van der Waals surface area (Å²) >= 11 is 0.